The summed E-state index contributed by atoms with van der Waals surface area (Å²) in [6.07, 6.45) is 2.23. The van der Waals surface area contributed by atoms with Crippen molar-refractivity contribution in [1.29, 1.82) is 0 Å². The Morgan fingerprint density at radius 1 is 1.27 bits per heavy atom. The number of carbonyl (C=O) groups is 1. The van der Waals surface area contributed by atoms with Crippen molar-refractivity contribution in [3.05, 3.63) is 46.1 Å². The molecule has 0 aliphatic carbocycles. The molecular weight excluding hydrogens is 400 g/mol. The number of carbonyl (C=O) groups excluding carboxylic acids is 1. The second-order valence-corrected chi connectivity index (χ2v) is 8.75. The summed E-state index contributed by atoms with van der Waals surface area (Å²) in [4.78, 5) is 20.6. The number of piperidine rings is 1. The van der Waals surface area contributed by atoms with Crippen LogP contribution in [0.3, 0.4) is 0 Å². The number of aromatic hydroxyl groups is 1. The van der Waals surface area contributed by atoms with Crippen LogP contribution >= 0.6 is 11.3 Å². The fraction of sp³-hybridized carbons (Fsp3) is 0.500. The van der Waals surface area contributed by atoms with Gasteiger partial charge in [-0.05, 0) is 45.3 Å². The predicted molar refractivity (Wildman–Crippen MR) is 116 cm³/mol. The summed E-state index contributed by atoms with van der Waals surface area (Å²) in [6, 6.07) is 8.31. The van der Waals surface area contributed by atoms with Gasteiger partial charge in [-0.25, -0.2) is 4.98 Å². The largest absolute Gasteiger partial charge is 0.492 e. The van der Waals surface area contributed by atoms with Crippen LogP contribution in [0.25, 0.3) is 4.96 Å². The molecular formula is C22H28N4O3S. The maximum absolute atomic E-state index is 12.2. The summed E-state index contributed by atoms with van der Waals surface area (Å²) < 4.78 is 6.76. The van der Waals surface area contributed by atoms with Crippen molar-refractivity contribution in [2.24, 2.45) is 5.92 Å². The summed E-state index contributed by atoms with van der Waals surface area (Å²) in [7, 11) is 0. The third-order valence-electron chi connectivity index (χ3n) is 5.72. The van der Waals surface area contributed by atoms with Crippen molar-refractivity contribution >= 4 is 22.3 Å². The minimum absolute atomic E-state index is 0.0529. The molecule has 1 aromatic carbocycles. The molecule has 3 heterocycles. The second-order valence-electron chi connectivity index (χ2n) is 7.74. The van der Waals surface area contributed by atoms with E-state index in [1.165, 1.54) is 16.9 Å². The summed E-state index contributed by atoms with van der Waals surface area (Å²) in [6.45, 7) is 7.84. The van der Waals surface area contributed by atoms with E-state index >= 15 is 0 Å². The molecule has 0 spiro atoms. The summed E-state index contributed by atoms with van der Waals surface area (Å²) in [5.41, 5.74) is 2.31. The van der Waals surface area contributed by atoms with Crippen LogP contribution in [0.5, 0.6) is 5.88 Å². The molecule has 3 aromatic rings. The van der Waals surface area contributed by atoms with Gasteiger partial charge in [0.15, 0.2) is 5.82 Å². The molecule has 7 nitrogen and oxygen atoms in total. The SMILES string of the molecule is CCOC(=O)C1CCN(C(c2ccc(C)cc2)c2sc3nc(CC)nn3c2O)CC1. The molecule has 160 valence electrons. The van der Waals surface area contributed by atoms with E-state index in [-0.39, 0.29) is 23.8 Å². The Balaban J connectivity index is 1.66. The Bertz CT molecular complexity index is 1020. The van der Waals surface area contributed by atoms with Crippen molar-refractivity contribution < 1.29 is 14.6 Å². The third-order valence-corrected chi connectivity index (χ3v) is 6.79. The number of hydrogen-bond donors (Lipinski definition) is 1. The molecule has 4 rings (SSSR count). The molecule has 8 heteroatoms. The van der Waals surface area contributed by atoms with Gasteiger partial charge in [0.05, 0.1) is 23.4 Å². The number of ether oxygens (including phenoxy) is 1. The molecule has 1 unspecified atom stereocenters. The lowest BCUT2D eigenvalue weighted by Gasteiger charge is -2.36. The van der Waals surface area contributed by atoms with Gasteiger partial charge in [0.1, 0.15) is 0 Å². The lowest BCUT2D eigenvalue weighted by molar-refractivity contribution is -0.149. The van der Waals surface area contributed by atoms with Crippen LogP contribution in [0.1, 0.15) is 54.6 Å². The minimum Gasteiger partial charge on any atom is -0.492 e. The lowest BCUT2D eigenvalue weighted by Crippen LogP contribution is -2.39. The first-order chi connectivity index (χ1) is 14.5. The highest BCUT2D eigenvalue weighted by Crippen LogP contribution is 2.41. The zero-order valence-corrected chi connectivity index (χ0v) is 18.5. The summed E-state index contributed by atoms with van der Waals surface area (Å²) >= 11 is 1.48. The Labute approximate surface area is 180 Å². The topological polar surface area (TPSA) is 80.0 Å². The van der Waals surface area contributed by atoms with Gasteiger partial charge in [-0.2, -0.15) is 4.52 Å². The van der Waals surface area contributed by atoms with E-state index in [1.54, 1.807) is 4.52 Å². The Morgan fingerprint density at radius 3 is 2.57 bits per heavy atom. The van der Waals surface area contributed by atoms with Crippen molar-refractivity contribution in [1.82, 2.24) is 19.5 Å². The molecule has 0 amide bonds. The number of thiazole rings is 1. The van der Waals surface area contributed by atoms with E-state index in [2.05, 4.69) is 46.2 Å². The molecule has 1 fully saturated rings. The van der Waals surface area contributed by atoms with E-state index in [0.717, 1.165) is 48.6 Å². The van der Waals surface area contributed by atoms with Crippen LogP contribution in [0.4, 0.5) is 0 Å². The van der Waals surface area contributed by atoms with E-state index in [4.69, 9.17) is 4.74 Å². The highest BCUT2D eigenvalue weighted by atomic mass is 32.1. The number of benzene rings is 1. The fourth-order valence-electron chi connectivity index (χ4n) is 4.05. The van der Waals surface area contributed by atoms with Crippen LogP contribution < -0.4 is 0 Å². The van der Waals surface area contributed by atoms with Crippen LogP contribution in [0.15, 0.2) is 24.3 Å². The highest BCUT2D eigenvalue weighted by molar-refractivity contribution is 7.17. The molecule has 0 saturated carbocycles. The van der Waals surface area contributed by atoms with E-state index < -0.39 is 0 Å². The average Bonchev–Trinajstić information content (AvgIpc) is 3.29. The summed E-state index contributed by atoms with van der Waals surface area (Å²) in [5, 5.41) is 15.4. The van der Waals surface area contributed by atoms with Gasteiger partial charge in [-0.15, -0.1) is 5.10 Å². The van der Waals surface area contributed by atoms with Crippen LogP contribution in [-0.2, 0) is 16.0 Å². The van der Waals surface area contributed by atoms with Crippen molar-refractivity contribution in [3.63, 3.8) is 0 Å². The number of esters is 1. The number of aryl methyl sites for hydroxylation is 2. The van der Waals surface area contributed by atoms with Gasteiger partial charge in [0.25, 0.3) is 0 Å². The van der Waals surface area contributed by atoms with Crippen LogP contribution in [0.2, 0.25) is 0 Å². The van der Waals surface area contributed by atoms with Gasteiger partial charge in [0.2, 0.25) is 10.8 Å². The normalized spacial score (nSPS) is 16.8. The van der Waals surface area contributed by atoms with Crippen molar-refractivity contribution in [2.75, 3.05) is 19.7 Å². The molecule has 30 heavy (non-hydrogen) atoms. The van der Waals surface area contributed by atoms with E-state index in [1.807, 2.05) is 13.8 Å². The van der Waals surface area contributed by atoms with Crippen molar-refractivity contribution in [2.45, 2.75) is 46.1 Å². The minimum atomic E-state index is -0.104. The van der Waals surface area contributed by atoms with Crippen molar-refractivity contribution in [3.8, 4) is 5.88 Å². The number of rotatable bonds is 6. The quantitative estimate of drug-likeness (QED) is 0.603. The monoisotopic (exact) mass is 428 g/mol. The van der Waals surface area contributed by atoms with Crippen LogP contribution in [0, 0.1) is 12.8 Å². The first kappa shape index (κ1) is 20.8. The predicted octanol–water partition coefficient (Wildman–Crippen LogP) is 3.73. The summed E-state index contributed by atoms with van der Waals surface area (Å²) in [5.74, 6) is 0.728. The van der Waals surface area contributed by atoms with Gasteiger partial charge in [-0.1, -0.05) is 48.1 Å². The first-order valence-electron chi connectivity index (χ1n) is 10.6. The second kappa shape index (κ2) is 8.73. The molecule has 2 aromatic heterocycles. The molecule has 0 radical (unpaired) electrons. The number of fused-ring (bicyclic) bond motifs is 1. The third kappa shape index (κ3) is 3.94. The smallest absolute Gasteiger partial charge is 0.309 e. The Morgan fingerprint density at radius 2 is 1.97 bits per heavy atom. The van der Waals surface area contributed by atoms with Crippen LogP contribution in [-0.4, -0.2) is 50.3 Å². The molecule has 1 N–H and O–H groups in total. The lowest BCUT2D eigenvalue weighted by atomic mass is 9.93. The zero-order chi connectivity index (χ0) is 21.3. The maximum atomic E-state index is 12.2. The number of nitrogens with zero attached hydrogens (tertiary/aromatic N) is 4. The molecule has 0 bridgehead atoms. The van der Waals surface area contributed by atoms with Gasteiger partial charge in [-0.3, -0.25) is 9.69 Å². The average molecular weight is 429 g/mol. The zero-order valence-electron chi connectivity index (χ0n) is 17.7. The van der Waals surface area contributed by atoms with Gasteiger partial charge >= 0.3 is 5.97 Å². The van der Waals surface area contributed by atoms with Gasteiger partial charge in [0, 0.05) is 6.42 Å². The van der Waals surface area contributed by atoms with E-state index in [0.29, 0.717) is 11.6 Å². The standard InChI is InChI=1S/C22H28N4O3S/c1-4-17-23-22-26(24-17)20(27)19(30-22)18(15-8-6-14(3)7-9-15)25-12-10-16(11-13-25)21(28)29-5-2/h6-9,16,18,27H,4-5,10-13H2,1-3H3. The number of likely N-dealkylation sites (tertiary alicyclic amines) is 1. The van der Waals surface area contributed by atoms with Gasteiger partial charge < -0.3 is 9.84 Å². The first-order valence-corrected chi connectivity index (χ1v) is 11.4. The van der Waals surface area contributed by atoms with E-state index in [9.17, 15) is 9.90 Å². The fourth-order valence-corrected chi connectivity index (χ4v) is 5.18. The molecule has 1 atom stereocenters. The number of hydrogen-bond acceptors (Lipinski definition) is 7. The maximum Gasteiger partial charge on any atom is 0.309 e. The molecule has 1 aliphatic rings. The molecule has 1 saturated heterocycles. The Kier molecular flexibility index (Phi) is 6.06. The highest BCUT2D eigenvalue weighted by Gasteiger charge is 2.34. The number of aromatic nitrogens is 3. The Hall–Kier alpha value is -2.45. The molecule has 1 aliphatic heterocycles.